The molecule has 1 aliphatic heterocycles. The first kappa shape index (κ1) is 29.5. The minimum absolute atomic E-state index is 0.0418. The number of nitriles is 1. The number of ether oxygens (including phenoxy) is 2. The highest BCUT2D eigenvalue weighted by atomic mass is 35.5. The van der Waals surface area contributed by atoms with Crippen LogP contribution < -0.4 is 25.2 Å². The van der Waals surface area contributed by atoms with Crippen LogP contribution in [-0.4, -0.2) is 40.5 Å². The van der Waals surface area contributed by atoms with Crippen molar-refractivity contribution in [3.63, 3.8) is 0 Å². The fourth-order valence-electron chi connectivity index (χ4n) is 4.49. The highest BCUT2D eigenvalue weighted by Gasteiger charge is 2.44. The van der Waals surface area contributed by atoms with Crippen LogP contribution in [0.4, 0.5) is 14.5 Å². The van der Waals surface area contributed by atoms with Gasteiger partial charge in [-0.05, 0) is 57.5 Å². The molecule has 4 aromatic rings. The number of carbonyl (C=O) groups excluding carboxylic acids is 2. The van der Waals surface area contributed by atoms with Crippen molar-refractivity contribution in [2.75, 3.05) is 11.9 Å². The standard InChI is InChI=1S/C29H24ClF2N5O6/c1-14-6-20-21(43-29(31,32)42-20)11-19(14)36(5)23(38)13-37-27(40)18-10-22(26(39)34-28(2,3)4)41-25(18)24(35-37)16-7-15(12-33)8-17(30)9-16/h6-11H,13H2,1-5H3,(H,34,39). The zero-order valence-electron chi connectivity index (χ0n) is 23.5. The van der Waals surface area contributed by atoms with Crippen molar-refractivity contribution in [2.24, 2.45) is 0 Å². The Hall–Kier alpha value is -4.96. The van der Waals surface area contributed by atoms with E-state index >= 15 is 0 Å². The van der Waals surface area contributed by atoms with Crippen LogP contribution in [0.1, 0.15) is 42.5 Å². The number of amides is 2. The Kier molecular flexibility index (Phi) is 7.14. The van der Waals surface area contributed by atoms with Crippen molar-refractivity contribution >= 4 is 40.1 Å². The lowest BCUT2D eigenvalue weighted by Crippen LogP contribution is -2.40. The summed E-state index contributed by atoms with van der Waals surface area (Å²) in [5.41, 5.74) is -0.160. The van der Waals surface area contributed by atoms with E-state index in [9.17, 15) is 28.4 Å². The van der Waals surface area contributed by atoms with E-state index in [1.54, 1.807) is 27.7 Å². The molecule has 2 aromatic carbocycles. The molecule has 0 saturated carbocycles. The summed E-state index contributed by atoms with van der Waals surface area (Å²) in [6.07, 6.45) is -3.84. The summed E-state index contributed by atoms with van der Waals surface area (Å²) < 4.78 is 42.8. The smallest absolute Gasteiger partial charge is 0.448 e. The molecule has 43 heavy (non-hydrogen) atoms. The molecule has 0 atom stereocenters. The van der Waals surface area contributed by atoms with E-state index in [0.717, 1.165) is 9.58 Å². The summed E-state index contributed by atoms with van der Waals surface area (Å²) in [5.74, 6) is -1.81. The number of rotatable bonds is 5. The lowest BCUT2D eigenvalue weighted by molar-refractivity contribution is -0.286. The lowest BCUT2D eigenvalue weighted by Gasteiger charge is -2.20. The summed E-state index contributed by atoms with van der Waals surface area (Å²) in [6, 6.07) is 10.2. The van der Waals surface area contributed by atoms with Crippen LogP contribution in [0.2, 0.25) is 5.02 Å². The highest BCUT2D eigenvalue weighted by Crippen LogP contribution is 2.44. The average Bonchev–Trinajstić information content (AvgIpc) is 3.48. The number of furan rings is 1. The number of benzene rings is 2. The third-order valence-corrected chi connectivity index (χ3v) is 6.60. The number of anilines is 1. The van der Waals surface area contributed by atoms with E-state index in [0.29, 0.717) is 11.1 Å². The molecule has 2 amide bonds. The average molecular weight is 612 g/mol. The van der Waals surface area contributed by atoms with Crippen molar-refractivity contribution < 1.29 is 32.3 Å². The van der Waals surface area contributed by atoms with Crippen molar-refractivity contribution in [2.45, 2.75) is 46.1 Å². The Morgan fingerprint density at radius 3 is 2.47 bits per heavy atom. The molecule has 11 nitrogen and oxygen atoms in total. The van der Waals surface area contributed by atoms with Gasteiger partial charge in [0, 0.05) is 35.3 Å². The van der Waals surface area contributed by atoms with E-state index in [1.165, 1.54) is 43.4 Å². The Labute approximate surface area is 248 Å². The van der Waals surface area contributed by atoms with Crippen LogP contribution >= 0.6 is 11.6 Å². The Morgan fingerprint density at radius 1 is 1.14 bits per heavy atom. The van der Waals surface area contributed by atoms with Crippen LogP contribution in [0.25, 0.3) is 22.2 Å². The number of hydrogen-bond acceptors (Lipinski definition) is 8. The van der Waals surface area contributed by atoms with Crippen LogP contribution in [0.5, 0.6) is 11.5 Å². The second-order valence-corrected chi connectivity index (χ2v) is 11.4. The maximum absolute atomic E-state index is 13.6. The molecule has 1 N–H and O–H groups in total. The Bertz CT molecular complexity index is 1920. The molecular formula is C29H24ClF2N5O6. The number of nitrogens with zero attached hydrogens (tertiary/aromatic N) is 4. The van der Waals surface area contributed by atoms with Crippen LogP contribution in [0.3, 0.4) is 0 Å². The molecule has 1 aliphatic rings. The molecule has 2 aromatic heterocycles. The normalized spacial score (nSPS) is 13.6. The fourth-order valence-corrected chi connectivity index (χ4v) is 4.73. The van der Waals surface area contributed by atoms with E-state index in [-0.39, 0.29) is 50.2 Å². The van der Waals surface area contributed by atoms with Crippen molar-refractivity contribution in [3.8, 4) is 28.8 Å². The van der Waals surface area contributed by atoms with Crippen LogP contribution in [0, 0.1) is 18.3 Å². The van der Waals surface area contributed by atoms with Crippen molar-refractivity contribution in [1.82, 2.24) is 15.1 Å². The maximum Gasteiger partial charge on any atom is 0.586 e. The molecule has 0 aliphatic carbocycles. The number of nitrogens with one attached hydrogen (secondary N) is 1. The molecule has 0 radical (unpaired) electrons. The molecule has 0 unspecified atom stereocenters. The minimum Gasteiger partial charge on any atom is -0.448 e. The Balaban J connectivity index is 1.58. The second kappa shape index (κ2) is 10.4. The Morgan fingerprint density at radius 2 is 1.81 bits per heavy atom. The van der Waals surface area contributed by atoms with Crippen molar-refractivity contribution in [3.05, 3.63) is 68.7 Å². The van der Waals surface area contributed by atoms with Gasteiger partial charge in [-0.25, -0.2) is 4.68 Å². The number of halogens is 3. The molecule has 0 spiro atoms. The zero-order valence-corrected chi connectivity index (χ0v) is 24.3. The van der Waals surface area contributed by atoms with E-state index < -0.39 is 35.8 Å². The van der Waals surface area contributed by atoms with Gasteiger partial charge < -0.3 is 24.1 Å². The fraction of sp³-hybridized carbons (Fsp3) is 0.276. The third kappa shape index (κ3) is 5.87. The summed E-state index contributed by atoms with van der Waals surface area (Å²) in [4.78, 5) is 41.0. The van der Waals surface area contributed by atoms with Gasteiger partial charge in [0.05, 0.1) is 22.7 Å². The summed E-state index contributed by atoms with van der Waals surface area (Å²) in [6.45, 7) is 6.34. The van der Waals surface area contributed by atoms with Crippen LogP contribution in [0.15, 0.2) is 45.6 Å². The first-order valence-corrected chi connectivity index (χ1v) is 13.2. The second-order valence-electron chi connectivity index (χ2n) is 10.9. The van der Waals surface area contributed by atoms with Gasteiger partial charge in [0.2, 0.25) is 5.91 Å². The van der Waals surface area contributed by atoms with Gasteiger partial charge in [0.25, 0.3) is 11.5 Å². The SMILES string of the molecule is Cc1cc2c(cc1N(C)C(=O)Cn1nc(-c3cc(Cl)cc(C#N)c3)c3oc(C(=O)NC(C)(C)C)cc3c1=O)OC(F)(F)O2. The first-order valence-electron chi connectivity index (χ1n) is 12.8. The largest absolute Gasteiger partial charge is 0.586 e. The zero-order chi connectivity index (χ0) is 31.4. The molecule has 222 valence electrons. The number of aryl methyl sites for hydroxylation is 1. The summed E-state index contributed by atoms with van der Waals surface area (Å²) in [7, 11) is 1.40. The lowest BCUT2D eigenvalue weighted by atomic mass is 10.1. The quantitative estimate of drug-likeness (QED) is 0.332. The van der Waals surface area contributed by atoms with E-state index in [2.05, 4.69) is 19.9 Å². The van der Waals surface area contributed by atoms with Gasteiger partial charge in [-0.15, -0.1) is 8.78 Å². The number of likely N-dealkylation sites (N-methyl/N-ethyl adjacent to an activating group) is 1. The number of aromatic nitrogens is 2. The van der Waals surface area contributed by atoms with Gasteiger partial charge >= 0.3 is 6.29 Å². The number of alkyl halides is 2. The third-order valence-electron chi connectivity index (χ3n) is 6.39. The highest BCUT2D eigenvalue weighted by molar-refractivity contribution is 6.31. The number of fused-ring (bicyclic) bond motifs is 2. The molecule has 5 rings (SSSR count). The molecule has 3 heterocycles. The van der Waals surface area contributed by atoms with Crippen LogP contribution in [-0.2, 0) is 11.3 Å². The van der Waals surface area contributed by atoms with Gasteiger partial charge in [-0.3, -0.25) is 14.4 Å². The van der Waals surface area contributed by atoms with E-state index in [1.807, 2.05) is 6.07 Å². The van der Waals surface area contributed by atoms with Gasteiger partial charge in [0.15, 0.2) is 22.8 Å². The monoisotopic (exact) mass is 611 g/mol. The predicted octanol–water partition coefficient (Wildman–Crippen LogP) is 5.00. The maximum atomic E-state index is 13.6. The number of carbonyl (C=O) groups is 2. The summed E-state index contributed by atoms with van der Waals surface area (Å²) in [5, 5.41) is 16.8. The van der Waals surface area contributed by atoms with Crippen molar-refractivity contribution in [1.29, 1.82) is 5.26 Å². The molecule has 0 bridgehead atoms. The topological polar surface area (TPSA) is 140 Å². The van der Waals surface area contributed by atoms with E-state index in [4.69, 9.17) is 16.0 Å². The molecule has 0 saturated heterocycles. The minimum atomic E-state index is -3.84. The number of hydrogen-bond donors (Lipinski definition) is 1. The first-order chi connectivity index (χ1) is 20.0. The van der Waals surface area contributed by atoms with Gasteiger partial charge in [-0.2, -0.15) is 10.4 Å². The van der Waals surface area contributed by atoms with Gasteiger partial charge in [-0.1, -0.05) is 11.6 Å². The molecule has 0 fully saturated rings. The van der Waals surface area contributed by atoms with Gasteiger partial charge in [0.1, 0.15) is 12.2 Å². The molecule has 14 heteroatoms. The summed E-state index contributed by atoms with van der Waals surface area (Å²) >= 11 is 6.23. The molecular weight excluding hydrogens is 588 g/mol. The predicted molar refractivity (Wildman–Crippen MR) is 151 cm³/mol.